The molecule has 120 valence electrons. The van der Waals surface area contributed by atoms with Gasteiger partial charge in [0.25, 0.3) is 0 Å². The average Bonchev–Trinajstić information content (AvgIpc) is 2.42. The van der Waals surface area contributed by atoms with Gasteiger partial charge in [0.15, 0.2) is 5.60 Å². The summed E-state index contributed by atoms with van der Waals surface area (Å²) >= 11 is 0. The molecule has 0 radical (unpaired) electrons. The van der Waals surface area contributed by atoms with E-state index in [1.54, 1.807) is 0 Å². The number of fused-ring (bicyclic) bond motifs is 1. The summed E-state index contributed by atoms with van der Waals surface area (Å²) in [5.74, 6) is 0.404. The Bertz CT molecular complexity index is 546. The van der Waals surface area contributed by atoms with Crippen molar-refractivity contribution in [3.05, 3.63) is 35.9 Å². The molecule has 1 aliphatic carbocycles. The van der Waals surface area contributed by atoms with Crippen molar-refractivity contribution in [1.82, 2.24) is 0 Å². The van der Waals surface area contributed by atoms with E-state index in [1.807, 2.05) is 18.2 Å². The number of benzene rings is 1. The molecule has 1 saturated carbocycles. The van der Waals surface area contributed by atoms with Crippen LogP contribution >= 0.6 is 0 Å². The van der Waals surface area contributed by atoms with E-state index in [4.69, 9.17) is 9.47 Å². The molecule has 3 nitrogen and oxygen atoms in total. The van der Waals surface area contributed by atoms with E-state index in [1.165, 1.54) is 6.92 Å². The quantitative estimate of drug-likeness (QED) is 0.765. The van der Waals surface area contributed by atoms with Gasteiger partial charge in [0, 0.05) is 6.92 Å². The highest BCUT2D eigenvalue weighted by atomic mass is 16.6. The second-order valence-electron chi connectivity index (χ2n) is 7.80. The summed E-state index contributed by atoms with van der Waals surface area (Å²) in [6.45, 7) is 8.35. The molecular weight excluding hydrogens is 276 g/mol. The van der Waals surface area contributed by atoms with Crippen LogP contribution in [0.5, 0.6) is 0 Å². The van der Waals surface area contributed by atoms with E-state index in [0.717, 1.165) is 24.8 Å². The molecule has 22 heavy (non-hydrogen) atoms. The minimum Gasteiger partial charge on any atom is -0.453 e. The lowest BCUT2D eigenvalue weighted by Gasteiger charge is -2.59. The molecule has 0 amide bonds. The van der Waals surface area contributed by atoms with Crippen molar-refractivity contribution >= 4 is 5.97 Å². The lowest BCUT2D eigenvalue weighted by Crippen LogP contribution is -2.65. The van der Waals surface area contributed by atoms with Gasteiger partial charge in [0.1, 0.15) is 12.2 Å². The predicted octanol–water partition coefficient (Wildman–Crippen LogP) is 4.27. The summed E-state index contributed by atoms with van der Waals surface area (Å²) in [6.07, 6.45) is 2.85. The zero-order valence-corrected chi connectivity index (χ0v) is 14.0. The van der Waals surface area contributed by atoms with E-state index < -0.39 is 5.60 Å². The third-order valence-corrected chi connectivity index (χ3v) is 5.33. The predicted molar refractivity (Wildman–Crippen MR) is 85.3 cm³/mol. The van der Waals surface area contributed by atoms with E-state index >= 15 is 0 Å². The zero-order valence-electron chi connectivity index (χ0n) is 14.0. The molecule has 4 atom stereocenters. The molecule has 0 bridgehead atoms. The molecule has 0 unspecified atom stereocenters. The summed E-state index contributed by atoms with van der Waals surface area (Å²) in [5.41, 5.74) is 0.910. The number of hydrogen-bond donors (Lipinski definition) is 0. The zero-order chi connectivity index (χ0) is 16.0. The fourth-order valence-electron chi connectivity index (χ4n) is 4.03. The van der Waals surface area contributed by atoms with Crippen LogP contribution in [0.15, 0.2) is 30.3 Å². The second-order valence-corrected chi connectivity index (χ2v) is 7.80. The first-order valence-electron chi connectivity index (χ1n) is 8.23. The first kappa shape index (κ1) is 15.5. The standard InChI is InChI=1S/C19H26O3/c1-13(20)22-19-11-10-15(18(2,3)4)12-16(19)21-17(19)14-8-6-5-7-9-14/h5-9,15-17H,10-12H2,1-4H3/t15-,16-,17-,19-/m0/s1. The summed E-state index contributed by atoms with van der Waals surface area (Å²) in [6, 6.07) is 10.1. The monoisotopic (exact) mass is 302 g/mol. The number of carbonyl (C=O) groups is 1. The van der Waals surface area contributed by atoms with Gasteiger partial charge in [-0.25, -0.2) is 0 Å². The molecule has 2 aliphatic rings. The van der Waals surface area contributed by atoms with Crippen LogP contribution in [0.1, 0.15) is 58.6 Å². The van der Waals surface area contributed by atoms with E-state index in [2.05, 4.69) is 32.9 Å². The van der Waals surface area contributed by atoms with Crippen LogP contribution in [-0.4, -0.2) is 17.7 Å². The number of ether oxygens (including phenoxy) is 2. The van der Waals surface area contributed by atoms with Gasteiger partial charge in [-0.05, 0) is 36.2 Å². The van der Waals surface area contributed by atoms with Crippen LogP contribution in [-0.2, 0) is 14.3 Å². The largest absolute Gasteiger partial charge is 0.453 e. The lowest BCUT2D eigenvalue weighted by atomic mass is 9.62. The van der Waals surface area contributed by atoms with Crippen molar-refractivity contribution in [2.24, 2.45) is 11.3 Å². The Morgan fingerprint density at radius 2 is 1.95 bits per heavy atom. The Hall–Kier alpha value is -1.35. The molecule has 2 fully saturated rings. The van der Waals surface area contributed by atoms with Crippen molar-refractivity contribution in [1.29, 1.82) is 0 Å². The summed E-state index contributed by atoms with van der Waals surface area (Å²) in [5, 5.41) is 0. The summed E-state index contributed by atoms with van der Waals surface area (Å²) in [4.78, 5) is 11.7. The normalized spacial score (nSPS) is 34.5. The van der Waals surface area contributed by atoms with Crippen LogP contribution in [0.4, 0.5) is 0 Å². The number of esters is 1. The molecule has 0 spiro atoms. The second kappa shape index (κ2) is 5.38. The van der Waals surface area contributed by atoms with Gasteiger partial charge in [0.2, 0.25) is 0 Å². The highest BCUT2D eigenvalue weighted by molar-refractivity contribution is 5.67. The maximum Gasteiger partial charge on any atom is 0.303 e. The smallest absolute Gasteiger partial charge is 0.303 e. The van der Waals surface area contributed by atoms with Crippen LogP contribution in [0.3, 0.4) is 0 Å². The van der Waals surface area contributed by atoms with Gasteiger partial charge in [-0.15, -0.1) is 0 Å². The third kappa shape index (κ3) is 2.56. The minimum atomic E-state index is -0.463. The van der Waals surface area contributed by atoms with Crippen LogP contribution < -0.4 is 0 Å². The van der Waals surface area contributed by atoms with Crippen molar-refractivity contribution in [3.8, 4) is 0 Å². The van der Waals surface area contributed by atoms with Crippen LogP contribution in [0, 0.1) is 11.3 Å². The Morgan fingerprint density at radius 1 is 1.27 bits per heavy atom. The van der Waals surface area contributed by atoms with Gasteiger partial charge in [-0.3, -0.25) is 4.79 Å². The molecule has 1 saturated heterocycles. The fraction of sp³-hybridized carbons (Fsp3) is 0.632. The molecule has 1 aromatic rings. The van der Waals surface area contributed by atoms with E-state index in [9.17, 15) is 4.79 Å². The maximum atomic E-state index is 11.7. The van der Waals surface area contributed by atoms with E-state index in [0.29, 0.717) is 5.92 Å². The number of hydrogen-bond acceptors (Lipinski definition) is 3. The van der Waals surface area contributed by atoms with Crippen LogP contribution in [0.25, 0.3) is 0 Å². The Kier molecular flexibility index (Phi) is 3.80. The fourth-order valence-corrected chi connectivity index (χ4v) is 4.03. The molecule has 0 N–H and O–H groups in total. The Balaban J connectivity index is 1.85. The Labute approximate surface area is 133 Å². The highest BCUT2D eigenvalue weighted by Crippen LogP contribution is 2.57. The number of rotatable bonds is 2. The van der Waals surface area contributed by atoms with Crippen molar-refractivity contribution in [3.63, 3.8) is 0 Å². The van der Waals surface area contributed by atoms with Gasteiger partial charge < -0.3 is 9.47 Å². The topological polar surface area (TPSA) is 35.5 Å². The lowest BCUT2D eigenvalue weighted by molar-refractivity contribution is -0.321. The molecule has 0 aromatic heterocycles. The molecule has 3 heteroatoms. The highest BCUT2D eigenvalue weighted by Gasteiger charge is 2.62. The molecule has 1 heterocycles. The summed E-state index contributed by atoms with van der Waals surface area (Å²) in [7, 11) is 0. The number of carbonyl (C=O) groups excluding carboxylic acids is 1. The van der Waals surface area contributed by atoms with Crippen LogP contribution in [0.2, 0.25) is 0 Å². The molecule has 1 aliphatic heterocycles. The minimum absolute atomic E-state index is 0.0274. The molecular formula is C19H26O3. The van der Waals surface area contributed by atoms with Crippen molar-refractivity contribution < 1.29 is 14.3 Å². The first-order valence-corrected chi connectivity index (χ1v) is 8.23. The SMILES string of the molecule is CC(=O)O[C@@]12CC[C@H](C(C)(C)C)C[C@@H]1O[C@H]2c1ccccc1. The van der Waals surface area contributed by atoms with Gasteiger partial charge in [-0.1, -0.05) is 51.1 Å². The van der Waals surface area contributed by atoms with Gasteiger partial charge >= 0.3 is 5.97 Å². The third-order valence-electron chi connectivity index (χ3n) is 5.33. The molecule has 1 aromatic carbocycles. The summed E-state index contributed by atoms with van der Waals surface area (Å²) < 4.78 is 12.0. The van der Waals surface area contributed by atoms with Gasteiger partial charge in [-0.2, -0.15) is 0 Å². The van der Waals surface area contributed by atoms with Gasteiger partial charge in [0.05, 0.1) is 0 Å². The van der Waals surface area contributed by atoms with Crippen molar-refractivity contribution in [2.45, 2.75) is 64.8 Å². The van der Waals surface area contributed by atoms with Crippen molar-refractivity contribution in [2.75, 3.05) is 0 Å². The first-order chi connectivity index (χ1) is 10.3. The Morgan fingerprint density at radius 3 is 2.50 bits per heavy atom. The van der Waals surface area contributed by atoms with E-state index in [-0.39, 0.29) is 23.6 Å². The maximum absolute atomic E-state index is 11.7. The molecule has 3 rings (SSSR count). The average molecular weight is 302 g/mol.